The standard InChI is InChI=1S/C13H21NO3Si/c1-13(2,3)17-12(15)14(4)10-5-7-11(8-6-10)16-9-18/h5-8H,9H2,1-4,18H3. The molecule has 18 heavy (non-hydrogen) atoms. The Hall–Kier alpha value is -1.49. The summed E-state index contributed by atoms with van der Waals surface area (Å²) in [7, 11) is 2.70. The molecule has 0 saturated carbocycles. The minimum absolute atomic E-state index is 0.362. The number of amides is 1. The van der Waals surface area contributed by atoms with Gasteiger partial charge in [0.15, 0.2) is 0 Å². The van der Waals surface area contributed by atoms with Gasteiger partial charge in [0.2, 0.25) is 0 Å². The first-order valence-electron chi connectivity index (χ1n) is 6.03. The van der Waals surface area contributed by atoms with Gasteiger partial charge in [0.1, 0.15) is 11.4 Å². The predicted molar refractivity (Wildman–Crippen MR) is 76.5 cm³/mol. The summed E-state index contributed by atoms with van der Waals surface area (Å²) in [6, 6.07) is 7.40. The summed E-state index contributed by atoms with van der Waals surface area (Å²) in [5.41, 5.74) is 0.297. The summed E-state index contributed by atoms with van der Waals surface area (Å²) in [6.07, 6.45) is 0.403. The molecule has 100 valence electrons. The van der Waals surface area contributed by atoms with E-state index >= 15 is 0 Å². The van der Waals surface area contributed by atoms with E-state index in [0.717, 1.165) is 27.9 Å². The van der Waals surface area contributed by atoms with Gasteiger partial charge in [-0.15, -0.1) is 0 Å². The van der Waals surface area contributed by atoms with Gasteiger partial charge in [-0.25, -0.2) is 4.79 Å². The van der Waals surface area contributed by atoms with Gasteiger partial charge < -0.3 is 9.47 Å². The molecule has 1 aromatic rings. The lowest BCUT2D eigenvalue weighted by atomic mass is 10.2. The number of hydrogen-bond donors (Lipinski definition) is 0. The first-order valence-corrected chi connectivity index (χ1v) is 7.44. The SMILES string of the molecule is CN(C(=O)OC(C)(C)C)c1ccc(OC[SiH3])cc1. The lowest BCUT2D eigenvalue weighted by Gasteiger charge is -2.24. The van der Waals surface area contributed by atoms with E-state index in [0.29, 0.717) is 0 Å². The maximum absolute atomic E-state index is 11.8. The van der Waals surface area contributed by atoms with E-state index in [4.69, 9.17) is 9.47 Å². The van der Waals surface area contributed by atoms with Gasteiger partial charge in [0, 0.05) is 12.7 Å². The molecular weight excluding hydrogens is 246 g/mol. The smallest absolute Gasteiger partial charge is 0.414 e. The number of carbonyl (C=O) groups is 1. The van der Waals surface area contributed by atoms with Crippen molar-refractivity contribution in [3.8, 4) is 5.75 Å². The Kier molecular flexibility index (Phi) is 4.78. The molecule has 0 N–H and O–H groups in total. The van der Waals surface area contributed by atoms with Gasteiger partial charge >= 0.3 is 6.09 Å². The van der Waals surface area contributed by atoms with Gasteiger partial charge in [0.05, 0.1) is 16.5 Å². The third-order valence-electron chi connectivity index (χ3n) is 2.20. The summed E-state index contributed by atoms with van der Waals surface area (Å²) in [5, 5.41) is 0. The Labute approximate surface area is 111 Å². The molecule has 0 radical (unpaired) electrons. The molecule has 0 aliphatic rings. The lowest BCUT2D eigenvalue weighted by Crippen LogP contribution is -2.34. The van der Waals surface area contributed by atoms with Crippen LogP contribution in [-0.2, 0) is 4.74 Å². The second-order valence-electron chi connectivity index (χ2n) is 4.97. The van der Waals surface area contributed by atoms with Crippen LogP contribution in [-0.4, -0.2) is 35.2 Å². The highest BCUT2D eigenvalue weighted by atomic mass is 28.1. The van der Waals surface area contributed by atoms with Crippen LogP contribution < -0.4 is 9.64 Å². The Morgan fingerprint density at radius 1 is 1.28 bits per heavy atom. The summed E-state index contributed by atoms with van der Waals surface area (Å²) >= 11 is 0. The van der Waals surface area contributed by atoms with Crippen LogP contribution in [0.4, 0.5) is 10.5 Å². The second kappa shape index (κ2) is 5.91. The third kappa shape index (κ3) is 4.41. The predicted octanol–water partition coefficient (Wildman–Crippen LogP) is 1.76. The number of ether oxygens (including phenoxy) is 2. The van der Waals surface area contributed by atoms with Gasteiger partial charge in [-0.3, -0.25) is 4.90 Å². The van der Waals surface area contributed by atoms with E-state index < -0.39 is 5.60 Å². The quantitative estimate of drug-likeness (QED) is 0.783. The Bertz CT molecular complexity index is 398. The molecule has 1 rings (SSSR count). The minimum Gasteiger partial charge on any atom is -0.498 e. The van der Waals surface area contributed by atoms with E-state index in [-0.39, 0.29) is 6.09 Å². The Morgan fingerprint density at radius 2 is 1.83 bits per heavy atom. The average molecular weight is 267 g/mol. The molecule has 0 saturated heterocycles. The molecular formula is C13H21NO3Si. The molecule has 1 amide bonds. The number of hydrogen-bond acceptors (Lipinski definition) is 3. The average Bonchev–Trinajstić information content (AvgIpc) is 2.27. The number of rotatable bonds is 3. The molecule has 0 bridgehead atoms. The third-order valence-corrected chi connectivity index (χ3v) is 2.49. The zero-order valence-corrected chi connectivity index (χ0v) is 13.7. The zero-order valence-electron chi connectivity index (χ0n) is 11.7. The zero-order chi connectivity index (χ0) is 13.8. The van der Waals surface area contributed by atoms with Gasteiger partial charge in [-0.1, -0.05) is 0 Å². The van der Waals surface area contributed by atoms with E-state index in [1.165, 1.54) is 4.90 Å². The van der Waals surface area contributed by atoms with Gasteiger partial charge in [-0.05, 0) is 45.0 Å². The van der Waals surface area contributed by atoms with Crippen LogP contribution in [0, 0.1) is 0 Å². The van der Waals surface area contributed by atoms with Crippen molar-refractivity contribution >= 4 is 22.0 Å². The van der Waals surface area contributed by atoms with Crippen molar-refractivity contribution < 1.29 is 14.3 Å². The monoisotopic (exact) mass is 267 g/mol. The topological polar surface area (TPSA) is 38.8 Å². The van der Waals surface area contributed by atoms with Crippen LogP contribution in [0.3, 0.4) is 0 Å². The summed E-state index contributed by atoms with van der Waals surface area (Å²) in [6.45, 7) is 5.54. The minimum atomic E-state index is -0.485. The molecule has 0 spiro atoms. The molecule has 0 aliphatic carbocycles. The van der Waals surface area contributed by atoms with Crippen molar-refractivity contribution in [1.82, 2.24) is 0 Å². The largest absolute Gasteiger partial charge is 0.498 e. The van der Waals surface area contributed by atoms with Crippen molar-refractivity contribution in [1.29, 1.82) is 0 Å². The number of carbonyl (C=O) groups excluding carboxylic acids is 1. The van der Waals surface area contributed by atoms with Gasteiger partial charge in [-0.2, -0.15) is 0 Å². The van der Waals surface area contributed by atoms with Crippen molar-refractivity contribution in [2.45, 2.75) is 26.4 Å². The second-order valence-corrected chi connectivity index (χ2v) is 5.54. The molecule has 0 unspecified atom stereocenters. The molecule has 1 aromatic carbocycles. The van der Waals surface area contributed by atoms with Crippen LogP contribution in [0.1, 0.15) is 20.8 Å². The Balaban J connectivity index is 2.71. The van der Waals surface area contributed by atoms with Crippen molar-refractivity contribution in [3.63, 3.8) is 0 Å². The Morgan fingerprint density at radius 3 is 2.28 bits per heavy atom. The van der Waals surface area contributed by atoms with Crippen LogP contribution in [0.5, 0.6) is 5.75 Å². The van der Waals surface area contributed by atoms with Crippen molar-refractivity contribution in [2.24, 2.45) is 0 Å². The fourth-order valence-corrected chi connectivity index (χ4v) is 1.70. The number of nitrogens with zero attached hydrogens (tertiary/aromatic N) is 1. The fraction of sp³-hybridized carbons (Fsp3) is 0.462. The number of benzene rings is 1. The normalized spacial score (nSPS) is 11.1. The molecule has 0 aromatic heterocycles. The highest BCUT2D eigenvalue weighted by Crippen LogP contribution is 2.20. The van der Waals surface area contributed by atoms with E-state index in [2.05, 4.69) is 0 Å². The van der Waals surface area contributed by atoms with Crippen LogP contribution in [0.25, 0.3) is 0 Å². The highest BCUT2D eigenvalue weighted by molar-refractivity contribution is 6.08. The molecule has 0 aliphatic heterocycles. The molecule has 5 heteroatoms. The molecule has 0 heterocycles. The highest BCUT2D eigenvalue weighted by Gasteiger charge is 2.20. The molecule has 0 fully saturated rings. The summed E-state index contributed by atoms with van der Waals surface area (Å²) < 4.78 is 10.7. The van der Waals surface area contributed by atoms with E-state index in [9.17, 15) is 4.79 Å². The first-order chi connectivity index (χ1) is 8.33. The van der Waals surface area contributed by atoms with E-state index in [1.54, 1.807) is 7.05 Å². The summed E-state index contributed by atoms with van der Waals surface area (Å²) in [5.74, 6) is 0.825. The molecule has 0 atom stereocenters. The fourth-order valence-electron chi connectivity index (χ4n) is 1.37. The molecule has 4 nitrogen and oxygen atoms in total. The van der Waals surface area contributed by atoms with Crippen LogP contribution in [0.15, 0.2) is 24.3 Å². The van der Waals surface area contributed by atoms with Gasteiger partial charge in [0.25, 0.3) is 0 Å². The van der Waals surface area contributed by atoms with Crippen LogP contribution >= 0.6 is 0 Å². The maximum atomic E-state index is 11.8. The van der Waals surface area contributed by atoms with E-state index in [1.807, 2.05) is 45.0 Å². The maximum Gasteiger partial charge on any atom is 0.414 e. The van der Waals surface area contributed by atoms with Crippen molar-refractivity contribution in [3.05, 3.63) is 24.3 Å². The first kappa shape index (κ1) is 14.6. The van der Waals surface area contributed by atoms with Crippen molar-refractivity contribution in [2.75, 3.05) is 18.2 Å². The summed E-state index contributed by atoms with van der Waals surface area (Å²) in [4.78, 5) is 13.3. The van der Waals surface area contributed by atoms with Crippen LogP contribution in [0.2, 0.25) is 0 Å². The lowest BCUT2D eigenvalue weighted by molar-refractivity contribution is 0.0589. The number of anilines is 1.